The fourth-order valence-electron chi connectivity index (χ4n) is 1.37. The molecule has 108 valence electrons. The van der Waals surface area contributed by atoms with Gasteiger partial charge in [0.15, 0.2) is 0 Å². The Kier molecular flexibility index (Phi) is 6.24. The van der Waals surface area contributed by atoms with Crippen LogP contribution in [0.2, 0.25) is 0 Å². The molecule has 1 rings (SSSR count). The van der Waals surface area contributed by atoms with Gasteiger partial charge in [0, 0.05) is 6.04 Å². The second-order valence-electron chi connectivity index (χ2n) is 3.66. The van der Waals surface area contributed by atoms with E-state index in [1.165, 1.54) is 0 Å². The van der Waals surface area contributed by atoms with Crippen LogP contribution in [0.1, 0.15) is 23.6 Å². The van der Waals surface area contributed by atoms with Crippen molar-refractivity contribution in [1.82, 2.24) is 0 Å². The molecule has 0 amide bonds. The van der Waals surface area contributed by atoms with E-state index in [2.05, 4.69) is 4.74 Å². The number of carbonyl (C=O) groups is 1. The summed E-state index contributed by atoms with van der Waals surface area (Å²) in [6.07, 6.45) is -4.99. The molecule has 0 bridgehead atoms. The molecular weight excluding hydrogens is 290 g/mol. The van der Waals surface area contributed by atoms with Crippen LogP contribution >= 0.6 is 12.4 Å². The number of halogens is 5. The quantitative estimate of drug-likeness (QED) is 0.690. The predicted octanol–water partition coefficient (Wildman–Crippen LogP) is 2.83. The number of alkyl halides is 3. The Bertz CT molecular complexity index is 451. The van der Waals surface area contributed by atoms with Crippen molar-refractivity contribution in [3.63, 3.8) is 0 Å². The van der Waals surface area contributed by atoms with Crippen molar-refractivity contribution in [1.29, 1.82) is 0 Å². The number of rotatable bonds is 3. The second-order valence-corrected chi connectivity index (χ2v) is 3.66. The van der Waals surface area contributed by atoms with E-state index >= 15 is 0 Å². The smallest absolute Gasteiger partial charge is 0.416 e. The van der Waals surface area contributed by atoms with Crippen LogP contribution in [0.5, 0.6) is 0 Å². The number of benzene rings is 1. The molecule has 8 heteroatoms. The third-order valence-corrected chi connectivity index (χ3v) is 2.29. The molecule has 3 nitrogen and oxygen atoms in total. The van der Waals surface area contributed by atoms with E-state index in [9.17, 15) is 22.4 Å². The first-order valence-electron chi connectivity index (χ1n) is 4.94. The first kappa shape index (κ1) is 17.7. The number of carbonyl (C=O) groups excluding carboxylic acids is 1. The number of esters is 1. The lowest BCUT2D eigenvalue weighted by molar-refractivity contribution is -0.141. The Morgan fingerprint density at radius 1 is 1.37 bits per heavy atom. The van der Waals surface area contributed by atoms with Gasteiger partial charge in [0.1, 0.15) is 5.82 Å². The molecule has 1 atom stereocenters. The Morgan fingerprint density at radius 2 is 1.95 bits per heavy atom. The van der Waals surface area contributed by atoms with Crippen LogP contribution in [0.15, 0.2) is 18.2 Å². The summed E-state index contributed by atoms with van der Waals surface area (Å²) in [5.74, 6) is -1.74. The average molecular weight is 302 g/mol. The molecule has 0 saturated carbocycles. The van der Waals surface area contributed by atoms with Gasteiger partial charge < -0.3 is 10.5 Å². The van der Waals surface area contributed by atoms with Crippen LogP contribution in [0.3, 0.4) is 0 Å². The summed E-state index contributed by atoms with van der Waals surface area (Å²) < 4.78 is 54.7. The third kappa shape index (κ3) is 5.04. The van der Waals surface area contributed by atoms with Crippen molar-refractivity contribution in [2.24, 2.45) is 5.73 Å². The largest absolute Gasteiger partial charge is 0.469 e. The molecule has 2 N–H and O–H groups in total. The van der Waals surface area contributed by atoms with Crippen LogP contribution in [0.25, 0.3) is 0 Å². The van der Waals surface area contributed by atoms with Crippen molar-refractivity contribution in [3.8, 4) is 0 Å². The lowest BCUT2D eigenvalue weighted by Gasteiger charge is -2.14. The van der Waals surface area contributed by atoms with Gasteiger partial charge in [-0.15, -0.1) is 12.4 Å². The molecule has 0 radical (unpaired) electrons. The van der Waals surface area contributed by atoms with Crippen LogP contribution < -0.4 is 5.73 Å². The summed E-state index contributed by atoms with van der Waals surface area (Å²) in [5, 5.41) is 0. The Morgan fingerprint density at radius 3 is 2.42 bits per heavy atom. The van der Waals surface area contributed by atoms with Crippen molar-refractivity contribution in [2.75, 3.05) is 7.11 Å². The maximum absolute atomic E-state index is 13.1. The lowest BCUT2D eigenvalue weighted by atomic mass is 10.0. The summed E-state index contributed by atoms with van der Waals surface area (Å²) in [5.41, 5.74) is 4.27. The van der Waals surface area contributed by atoms with E-state index in [0.717, 1.165) is 19.2 Å². The summed E-state index contributed by atoms with van der Waals surface area (Å²) in [6.45, 7) is 0. The summed E-state index contributed by atoms with van der Waals surface area (Å²) in [4.78, 5) is 10.9. The molecule has 19 heavy (non-hydrogen) atoms. The van der Waals surface area contributed by atoms with Gasteiger partial charge in [0.25, 0.3) is 0 Å². The van der Waals surface area contributed by atoms with E-state index < -0.39 is 29.6 Å². The third-order valence-electron chi connectivity index (χ3n) is 2.29. The van der Waals surface area contributed by atoms with Crippen molar-refractivity contribution in [2.45, 2.75) is 18.6 Å². The minimum absolute atomic E-state index is 0. The zero-order valence-corrected chi connectivity index (χ0v) is 10.6. The van der Waals surface area contributed by atoms with Gasteiger partial charge in [-0.1, -0.05) is 0 Å². The molecule has 0 aromatic heterocycles. The fourth-order valence-corrected chi connectivity index (χ4v) is 1.37. The fraction of sp³-hybridized carbons (Fsp3) is 0.364. The van der Waals surface area contributed by atoms with Crippen molar-refractivity contribution in [3.05, 3.63) is 35.1 Å². The van der Waals surface area contributed by atoms with Crippen LogP contribution in [-0.4, -0.2) is 13.1 Å². The zero-order chi connectivity index (χ0) is 13.9. The number of hydrogen-bond donors (Lipinski definition) is 1. The lowest BCUT2D eigenvalue weighted by Crippen LogP contribution is -2.17. The molecule has 1 aromatic rings. The highest BCUT2D eigenvalue weighted by Gasteiger charge is 2.32. The van der Waals surface area contributed by atoms with Gasteiger partial charge in [-0.05, 0) is 23.8 Å². The van der Waals surface area contributed by atoms with Gasteiger partial charge in [0.05, 0.1) is 19.1 Å². The van der Waals surface area contributed by atoms with Crippen molar-refractivity contribution >= 4 is 18.4 Å². The summed E-state index contributed by atoms with van der Waals surface area (Å²) in [6, 6.07) is 0.905. The Labute approximate surface area is 113 Å². The molecule has 0 heterocycles. The van der Waals surface area contributed by atoms with Gasteiger partial charge in [-0.3, -0.25) is 4.79 Å². The molecule has 0 unspecified atom stereocenters. The Hall–Kier alpha value is -1.34. The highest BCUT2D eigenvalue weighted by atomic mass is 35.5. The normalized spacial score (nSPS) is 12.5. The molecule has 0 aliphatic rings. The molecule has 0 spiro atoms. The number of nitrogens with two attached hydrogens (primary N) is 1. The molecule has 0 aliphatic carbocycles. The SMILES string of the molecule is COC(=O)C[C@@H](N)c1cc(F)cc(C(F)(F)F)c1.Cl. The Balaban J connectivity index is 0.00000324. The first-order valence-corrected chi connectivity index (χ1v) is 4.94. The highest BCUT2D eigenvalue weighted by molar-refractivity contribution is 5.85. The van der Waals surface area contributed by atoms with Gasteiger partial charge in [0.2, 0.25) is 0 Å². The van der Waals surface area contributed by atoms with Gasteiger partial charge in [-0.25, -0.2) is 4.39 Å². The van der Waals surface area contributed by atoms with E-state index in [1.807, 2.05) is 0 Å². The van der Waals surface area contributed by atoms with E-state index in [4.69, 9.17) is 5.73 Å². The second kappa shape index (κ2) is 6.72. The molecule has 0 fully saturated rings. The zero-order valence-electron chi connectivity index (χ0n) is 9.83. The monoisotopic (exact) mass is 301 g/mol. The van der Waals surface area contributed by atoms with Gasteiger partial charge in [-0.2, -0.15) is 13.2 Å². The summed E-state index contributed by atoms with van der Waals surface area (Å²) in [7, 11) is 1.13. The van der Waals surface area contributed by atoms with E-state index in [-0.39, 0.29) is 24.4 Å². The minimum Gasteiger partial charge on any atom is -0.469 e. The first-order chi connectivity index (χ1) is 8.24. The van der Waals surface area contributed by atoms with Crippen LogP contribution in [0.4, 0.5) is 17.6 Å². The minimum atomic E-state index is -4.66. The molecular formula is C11H12ClF4NO2. The predicted molar refractivity (Wildman–Crippen MR) is 62.2 cm³/mol. The molecule has 1 aromatic carbocycles. The van der Waals surface area contributed by atoms with Gasteiger partial charge >= 0.3 is 12.1 Å². The summed E-state index contributed by atoms with van der Waals surface area (Å²) >= 11 is 0. The number of hydrogen-bond acceptors (Lipinski definition) is 3. The van der Waals surface area contributed by atoms with Crippen molar-refractivity contribution < 1.29 is 27.1 Å². The topological polar surface area (TPSA) is 52.3 Å². The van der Waals surface area contributed by atoms with E-state index in [0.29, 0.717) is 6.07 Å². The van der Waals surface area contributed by atoms with Crippen LogP contribution in [0, 0.1) is 5.82 Å². The standard InChI is InChI=1S/C11H11F4NO2.ClH/c1-18-10(17)5-9(16)6-2-7(11(13,14)15)4-8(12)3-6;/h2-4,9H,5,16H2,1H3;1H/t9-;/m1./s1. The number of ether oxygens (including phenoxy) is 1. The maximum Gasteiger partial charge on any atom is 0.416 e. The molecule has 0 saturated heterocycles. The van der Waals surface area contributed by atoms with Crippen LogP contribution in [-0.2, 0) is 15.7 Å². The highest BCUT2D eigenvalue weighted by Crippen LogP contribution is 2.31. The number of methoxy groups -OCH3 is 1. The maximum atomic E-state index is 13.1. The average Bonchev–Trinajstić information content (AvgIpc) is 2.26. The van der Waals surface area contributed by atoms with E-state index in [1.54, 1.807) is 0 Å². The molecule has 0 aliphatic heterocycles.